The van der Waals surface area contributed by atoms with Crippen molar-refractivity contribution in [2.75, 3.05) is 7.11 Å². The number of ether oxygens (including phenoxy) is 1. The Labute approximate surface area is 118 Å². The lowest BCUT2D eigenvalue weighted by Crippen LogP contribution is -2.13. The Kier molecular flexibility index (Phi) is 5.63. The molecule has 0 fully saturated rings. The lowest BCUT2D eigenvalue weighted by Gasteiger charge is -2.18. The van der Waals surface area contributed by atoms with E-state index in [1.807, 2.05) is 19.9 Å². The molecule has 1 rings (SSSR count). The van der Waals surface area contributed by atoms with E-state index in [2.05, 4.69) is 0 Å². The van der Waals surface area contributed by atoms with Crippen LogP contribution in [0.2, 0.25) is 5.02 Å². The zero-order valence-corrected chi connectivity index (χ0v) is 12.2. The largest absolute Gasteiger partial charge is 0.495 e. The van der Waals surface area contributed by atoms with Gasteiger partial charge in [-0.2, -0.15) is 0 Å². The van der Waals surface area contributed by atoms with Crippen LogP contribution in [0.15, 0.2) is 12.1 Å². The smallest absolute Gasteiger partial charge is 0.303 e. The summed E-state index contributed by atoms with van der Waals surface area (Å²) in [6.07, 6.45) is 0.428. The zero-order chi connectivity index (χ0) is 14.6. The standard InChI is InChI=1S/C14H20ClNO3/c1-8(2)10-6-9(7-11(15)14(10)19-3)12(16)4-5-13(17)18/h6-8,12H,4-5,16H2,1-3H3,(H,17,18). The van der Waals surface area contributed by atoms with Gasteiger partial charge in [0.1, 0.15) is 5.75 Å². The second-order valence-electron chi connectivity index (χ2n) is 4.82. The second kappa shape index (κ2) is 6.78. The predicted molar refractivity (Wildman–Crippen MR) is 75.9 cm³/mol. The number of hydrogen-bond donors (Lipinski definition) is 2. The lowest BCUT2D eigenvalue weighted by molar-refractivity contribution is -0.137. The Bertz CT molecular complexity index is 460. The lowest BCUT2D eigenvalue weighted by atomic mass is 9.95. The quantitative estimate of drug-likeness (QED) is 0.841. The predicted octanol–water partition coefficient (Wildman–Crippen LogP) is 3.34. The number of hydrogen-bond acceptors (Lipinski definition) is 3. The number of nitrogens with two attached hydrogens (primary N) is 1. The number of aliphatic carboxylic acids is 1. The summed E-state index contributed by atoms with van der Waals surface area (Å²) in [5, 5.41) is 9.20. The maximum Gasteiger partial charge on any atom is 0.303 e. The van der Waals surface area contributed by atoms with Crippen molar-refractivity contribution < 1.29 is 14.6 Å². The molecule has 1 aromatic carbocycles. The average molecular weight is 286 g/mol. The maximum absolute atomic E-state index is 10.6. The van der Waals surface area contributed by atoms with Crippen LogP contribution in [0.25, 0.3) is 0 Å². The molecule has 0 radical (unpaired) electrons. The van der Waals surface area contributed by atoms with Gasteiger partial charge < -0.3 is 15.6 Å². The molecule has 0 aromatic heterocycles. The van der Waals surface area contributed by atoms with Crippen LogP contribution in [-0.2, 0) is 4.79 Å². The first-order valence-electron chi connectivity index (χ1n) is 6.21. The number of carboxylic acids is 1. The highest BCUT2D eigenvalue weighted by atomic mass is 35.5. The summed E-state index contributed by atoms with van der Waals surface area (Å²) in [6.45, 7) is 4.08. The summed E-state index contributed by atoms with van der Waals surface area (Å²) in [4.78, 5) is 10.6. The molecule has 0 bridgehead atoms. The summed E-state index contributed by atoms with van der Waals surface area (Å²) in [5.74, 6) is 0.0593. The van der Waals surface area contributed by atoms with Gasteiger partial charge in [0, 0.05) is 12.5 Å². The molecule has 3 N–H and O–H groups in total. The van der Waals surface area contributed by atoms with Crippen molar-refractivity contribution in [1.82, 2.24) is 0 Å². The fraction of sp³-hybridized carbons (Fsp3) is 0.500. The van der Waals surface area contributed by atoms with Gasteiger partial charge in [0.25, 0.3) is 0 Å². The molecule has 106 valence electrons. The summed E-state index contributed by atoms with van der Waals surface area (Å²) in [5.41, 5.74) is 7.84. The fourth-order valence-corrected chi connectivity index (χ4v) is 2.25. The molecule has 4 nitrogen and oxygen atoms in total. The molecule has 5 heteroatoms. The van der Waals surface area contributed by atoms with Crippen molar-refractivity contribution in [2.24, 2.45) is 5.73 Å². The van der Waals surface area contributed by atoms with Crippen LogP contribution in [0.4, 0.5) is 0 Å². The van der Waals surface area contributed by atoms with Crippen LogP contribution in [0, 0.1) is 0 Å². The van der Waals surface area contributed by atoms with E-state index < -0.39 is 5.97 Å². The van der Waals surface area contributed by atoms with Crippen molar-refractivity contribution in [2.45, 2.75) is 38.6 Å². The molecule has 0 spiro atoms. The summed E-state index contributed by atoms with van der Waals surface area (Å²) < 4.78 is 5.30. The topological polar surface area (TPSA) is 72.5 Å². The minimum atomic E-state index is -0.848. The van der Waals surface area contributed by atoms with E-state index >= 15 is 0 Å². The molecule has 19 heavy (non-hydrogen) atoms. The highest BCUT2D eigenvalue weighted by molar-refractivity contribution is 6.32. The van der Waals surface area contributed by atoms with Crippen LogP contribution in [-0.4, -0.2) is 18.2 Å². The van der Waals surface area contributed by atoms with Crippen molar-refractivity contribution in [1.29, 1.82) is 0 Å². The fourth-order valence-electron chi connectivity index (χ4n) is 1.94. The zero-order valence-electron chi connectivity index (χ0n) is 11.4. The Hall–Kier alpha value is -1.26. The molecular weight excluding hydrogens is 266 g/mol. The van der Waals surface area contributed by atoms with E-state index in [0.29, 0.717) is 17.2 Å². The van der Waals surface area contributed by atoms with Crippen molar-refractivity contribution in [3.8, 4) is 5.75 Å². The molecule has 1 aromatic rings. The van der Waals surface area contributed by atoms with Gasteiger partial charge >= 0.3 is 5.97 Å². The molecule has 0 aliphatic rings. The van der Waals surface area contributed by atoms with Crippen LogP contribution in [0.1, 0.15) is 49.8 Å². The molecule has 0 saturated carbocycles. The molecule has 1 atom stereocenters. The van der Waals surface area contributed by atoms with Gasteiger partial charge in [0.2, 0.25) is 0 Å². The van der Waals surface area contributed by atoms with Gasteiger partial charge in [0.15, 0.2) is 0 Å². The number of carboxylic acid groups (broad SMARTS) is 1. The minimum absolute atomic E-state index is 0.0435. The monoisotopic (exact) mass is 285 g/mol. The normalized spacial score (nSPS) is 12.5. The first kappa shape index (κ1) is 15.8. The number of benzene rings is 1. The second-order valence-corrected chi connectivity index (χ2v) is 5.23. The van der Waals surface area contributed by atoms with Gasteiger partial charge in [-0.15, -0.1) is 0 Å². The van der Waals surface area contributed by atoms with Crippen molar-refractivity contribution in [3.63, 3.8) is 0 Å². The average Bonchev–Trinajstić information content (AvgIpc) is 2.34. The highest BCUT2D eigenvalue weighted by Gasteiger charge is 2.16. The van der Waals surface area contributed by atoms with Crippen LogP contribution < -0.4 is 10.5 Å². The molecule has 0 heterocycles. The maximum atomic E-state index is 10.6. The van der Waals surface area contributed by atoms with Gasteiger partial charge in [0.05, 0.1) is 12.1 Å². The molecule has 0 aliphatic carbocycles. The molecule has 1 unspecified atom stereocenters. The molecular formula is C14H20ClNO3. The minimum Gasteiger partial charge on any atom is -0.495 e. The Morgan fingerprint density at radius 3 is 2.58 bits per heavy atom. The third-order valence-electron chi connectivity index (χ3n) is 3.02. The molecule has 0 aliphatic heterocycles. The molecule has 0 saturated heterocycles. The Morgan fingerprint density at radius 1 is 1.47 bits per heavy atom. The van der Waals surface area contributed by atoms with Crippen LogP contribution >= 0.6 is 11.6 Å². The number of carbonyl (C=O) groups is 1. The van der Waals surface area contributed by atoms with E-state index in [4.69, 9.17) is 27.2 Å². The van der Waals surface area contributed by atoms with E-state index in [0.717, 1.165) is 11.1 Å². The van der Waals surface area contributed by atoms with Gasteiger partial charge in [-0.1, -0.05) is 31.5 Å². The van der Waals surface area contributed by atoms with E-state index in [1.54, 1.807) is 13.2 Å². The highest BCUT2D eigenvalue weighted by Crippen LogP contribution is 2.36. The molecule has 0 amide bonds. The Morgan fingerprint density at radius 2 is 2.11 bits per heavy atom. The van der Waals surface area contributed by atoms with Gasteiger partial charge in [-0.3, -0.25) is 4.79 Å². The van der Waals surface area contributed by atoms with Crippen LogP contribution in [0.5, 0.6) is 5.75 Å². The van der Waals surface area contributed by atoms with Crippen molar-refractivity contribution in [3.05, 3.63) is 28.3 Å². The van der Waals surface area contributed by atoms with E-state index in [1.165, 1.54) is 0 Å². The Balaban J connectivity index is 3.06. The first-order chi connectivity index (χ1) is 8.86. The van der Waals surface area contributed by atoms with E-state index in [9.17, 15) is 4.79 Å². The number of halogens is 1. The van der Waals surface area contributed by atoms with Gasteiger partial charge in [-0.25, -0.2) is 0 Å². The summed E-state index contributed by atoms with van der Waals surface area (Å²) >= 11 is 6.19. The first-order valence-corrected chi connectivity index (χ1v) is 6.59. The third kappa shape index (κ3) is 4.11. The van der Waals surface area contributed by atoms with Crippen molar-refractivity contribution >= 4 is 17.6 Å². The van der Waals surface area contributed by atoms with E-state index in [-0.39, 0.29) is 18.4 Å². The summed E-state index contributed by atoms with van der Waals surface area (Å²) in [6, 6.07) is 3.36. The number of rotatable bonds is 6. The summed E-state index contributed by atoms with van der Waals surface area (Å²) in [7, 11) is 1.58. The SMILES string of the molecule is COc1c(Cl)cc(C(N)CCC(=O)O)cc1C(C)C. The van der Waals surface area contributed by atoms with Gasteiger partial charge in [-0.05, 0) is 29.5 Å². The third-order valence-corrected chi connectivity index (χ3v) is 3.30. The number of methoxy groups -OCH3 is 1. The van der Waals surface area contributed by atoms with Crippen LogP contribution in [0.3, 0.4) is 0 Å².